The third-order valence-electron chi connectivity index (χ3n) is 5.99. The van der Waals surface area contributed by atoms with Crippen LogP contribution in [0.3, 0.4) is 0 Å². The van der Waals surface area contributed by atoms with Gasteiger partial charge in [0.1, 0.15) is 0 Å². The maximum Gasteiger partial charge on any atom is 0.0972 e. The number of hydrogen-bond donors (Lipinski definition) is 1. The van der Waals surface area contributed by atoms with Crippen molar-refractivity contribution in [1.82, 2.24) is 19.6 Å². The zero-order chi connectivity index (χ0) is 20.9. The number of aromatic nitrogens is 2. The smallest absolute Gasteiger partial charge is 0.0972 e. The van der Waals surface area contributed by atoms with Gasteiger partial charge in [-0.1, -0.05) is 48.5 Å². The Balaban J connectivity index is 1.61. The lowest BCUT2D eigenvalue weighted by Gasteiger charge is -2.43. The van der Waals surface area contributed by atoms with Crippen LogP contribution in [-0.2, 0) is 6.54 Å². The number of hydrogen-bond acceptors (Lipinski definition) is 4. The lowest BCUT2D eigenvalue weighted by molar-refractivity contribution is 0.0350. The van der Waals surface area contributed by atoms with E-state index in [9.17, 15) is 5.11 Å². The first-order chi connectivity index (χ1) is 14.7. The quantitative estimate of drug-likeness (QED) is 0.650. The van der Waals surface area contributed by atoms with Gasteiger partial charge in [-0.15, -0.1) is 0 Å². The second-order valence-corrected chi connectivity index (χ2v) is 8.38. The van der Waals surface area contributed by atoms with E-state index in [1.165, 1.54) is 5.56 Å². The Morgan fingerprint density at radius 3 is 2.37 bits per heavy atom. The van der Waals surface area contributed by atoms with Gasteiger partial charge in [-0.05, 0) is 32.4 Å². The van der Waals surface area contributed by atoms with Crippen molar-refractivity contribution in [3.63, 3.8) is 0 Å². The van der Waals surface area contributed by atoms with Gasteiger partial charge in [-0.3, -0.25) is 9.80 Å². The molecule has 2 aromatic carbocycles. The Labute approximate surface area is 179 Å². The van der Waals surface area contributed by atoms with Crippen molar-refractivity contribution in [3.8, 4) is 16.9 Å². The molecule has 0 radical (unpaired) electrons. The van der Waals surface area contributed by atoms with Gasteiger partial charge in [-0.2, -0.15) is 5.10 Å². The fourth-order valence-corrected chi connectivity index (χ4v) is 4.48. The van der Waals surface area contributed by atoms with Crippen LogP contribution in [-0.4, -0.2) is 63.0 Å². The summed E-state index contributed by atoms with van der Waals surface area (Å²) in [5, 5.41) is 14.5. The molecule has 1 unspecified atom stereocenters. The molecule has 158 valence electrons. The van der Waals surface area contributed by atoms with Crippen LogP contribution in [0, 0.1) is 0 Å². The average molecular weight is 405 g/mol. The number of rotatable bonds is 7. The van der Waals surface area contributed by atoms with Crippen LogP contribution >= 0.6 is 0 Å². The van der Waals surface area contributed by atoms with Crippen LogP contribution in [0.1, 0.15) is 25.8 Å². The van der Waals surface area contributed by atoms with Gasteiger partial charge in [0.15, 0.2) is 0 Å². The Hall–Kier alpha value is -2.47. The third kappa shape index (κ3) is 4.64. The number of para-hydroxylation sites is 1. The molecule has 0 aliphatic carbocycles. The van der Waals surface area contributed by atoms with Gasteiger partial charge >= 0.3 is 0 Å². The summed E-state index contributed by atoms with van der Waals surface area (Å²) in [5.74, 6) is 0. The molecule has 5 heteroatoms. The van der Waals surface area contributed by atoms with Crippen LogP contribution in [0.15, 0.2) is 66.9 Å². The Morgan fingerprint density at radius 2 is 1.70 bits per heavy atom. The summed E-state index contributed by atoms with van der Waals surface area (Å²) < 4.78 is 1.99. The van der Waals surface area contributed by atoms with Crippen molar-refractivity contribution < 1.29 is 5.11 Å². The fourth-order valence-electron chi connectivity index (χ4n) is 4.48. The molecule has 2 heterocycles. The van der Waals surface area contributed by atoms with Gasteiger partial charge in [0.05, 0.1) is 11.4 Å². The van der Waals surface area contributed by atoms with Crippen LogP contribution in [0.4, 0.5) is 0 Å². The SMILES string of the molecule is CC(C)N1CCN(Cc2cn(-c3ccccc3)nc2-c2ccccc2)CC1CCO. The second-order valence-electron chi connectivity index (χ2n) is 8.38. The minimum absolute atomic E-state index is 0.239. The van der Waals surface area contributed by atoms with E-state index in [4.69, 9.17) is 5.10 Å². The van der Waals surface area contributed by atoms with Crippen molar-refractivity contribution in [3.05, 3.63) is 72.4 Å². The summed E-state index contributed by atoms with van der Waals surface area (Å²) in [5.41, 5.74) is 4.51. The number of aliphatic hydroxyl groups is 1. The first-order valence-electron chi connectivity index (χ1n) is 10.9. The highest BCUT2D eigenvalue weighted by Crippen LogP contribution is 2.26. The minimum Gasteiger partial charge on any atom is -0.396 e. The summed E-state index contributed by atoms with van der Waals surface area (Å²) in [6, 6.07) is 21.6. The molecular formula is C25H32N4O. The summed E-state index contributed by atoms with van der Waals surface area (Å²) >= 11 is 0. The van der Waals surface area contributed by atoms with Gasteiger partial charge in [0.25, 0.3) is 0 Å². The van der Waals surface area contributed by atoms with Gasteiger partial charge in [0, 0.05) is 62.2 Å². The van der Waals surface area contributed by atoms with Crippen LogP contribution in [0.5, 0.6) is 0 Å². The summed E-state index contributed by atoms with van der Waals surface area (Å²) in [7, 11) is 0. The van der Waals surface area contributed by atoms with Crippen molar-refractivity contribution in [2.45, 2.75) is 38.9 Å². The molecule has 4 rings (SSSR count). The van der Waals surface area contributed by atoms with Gasteiger partial charge in [-0.25, -0.2) is 4.68 Å². The molecule has 30 heavy (non-hydrogen) atoms. The standard InChI is InChI=1S/C25H32N4O/c1-20(2)28-15-14-27(19-24(28)13-16-30)17-22-18-29(23-11-7-4-8-12-23)26-25(22)21-9-5-3-6-10-21/h3-12,18,20,24,30H,13-17,19H2,1-2H3. The van der Waals surface area contributed by atoms with E-state index < -0.39 is 0 Å². The molecule has 1 saturated heterocycles. The lowest BCUT2D eigenvalue weighted by Crippen LogP contribution is -2.55. The Morgan fingerprint density at radius 1 is 1.00 bits per heavy atom. The van der Waals surface area contributed by atoms with Crippen molar-refractivity contribution in [2.75, 3.05) is 26.2 Å². The largest absolute Gasteiger partial charge is 0.396 e. The van der Waals surface area contributed by atoms with Crippen molar-refractivity contribution in [1.29, 1.82) is 0 Å². The molecule has 0 bridgehead atoms. The van der Waals surface area contributed by atoms with Gasteiger partial charge in [0.2, 0.25) is 0 Å². The molecule has 1 aliphatic heterocycles. The molecule has 0 saturated carbocycles. The highest BCUT2D eigenvalue weighted by Gasteiger charge is 2.29. The van der Waals surface area contributed by atoms with Crippen LogP contribution in [0.25, 0.3) is 16.9 Å². The molecular weight excluding hydrogens is 372 g/mol. The molecule has 1 N–H and O–H groups in total. The number of aliphatic hydroxyl groups excluding tert-OH is 1. The van der Waals surface area contributed by atoms with E-state index in [1.807, 2.05) is 28.9 Å². The number of piperazine rings is 1. The first-order valence-corrected chi connectivity index (χ1v) is 10.9. The molecule has 1 atom stereocenters. The molecule has 1 fully saturated rings. The summed E-state index contributed by atoms with van der Waals surface area (Å²) in [6.07, 6.45) is 3.00. The van der Waals surface area contributed by atoms with Crippen molar-refractivity contribution in [2.24, 2.45) is 0 Å². The van der Waals surface area contributed by atoms with E-state index in [2.05, 4.69) is 66.2 Å². The number of benzene rings is 2. The molecule has 0 spiro atoms. The Kier molecular flexibility index (Phi) is 6.62. The molecule has 0 amide bonds. The van der Waals surface area contributed by atoms with Crippen LogP contribution in [0.2, 0.25) is 0 Å². The normalized spacial score (nSPS) is 18.2. The van der Waals surface area contributed by atoms with E-state index in [1.54, 1.807) is 0 Å². The van der Waals surface area contributed by atoms with Gasteiger partial charge < -0.3 is 5.11 Å². The monoisotopic (exact) mass is 404 g/mol. The number of nitrogens with zero attached hydrogens (tertiary/aromatic N) is 4. The zero-order valence-electron chi connectivity index (χ0n) is 18.0. The maximum absolute atomic E-state index is 9.56. The van der Waals surface area contributed by atoms with Crippen LogP contribution < -0.4 is 0 Å². The first kappa shape index (κ1) is 20.8. The fraction of sp³-hybridized carbons (Fsp3) is 0.400. The summed E-state index contributed by atoms with van der Waals surface area (Å²) in [6.45, 7) is 8.65. The van der Waals surface area contributed by atoms with Crippen molar-refractivity contribution >= 4 is 0 Å². The molecule has 5 nitrogen and oxygen atoms in total. The third-order valence-corrected chi connectivity index (χ3v) is 5.99. The highest BCUT2D eigenvalue weighted by molar-refractivity contribution is 5.63. The molecule has 1 aliphatic rings. The van der Waals surface area contributed by atoms with E-state index in [-0.39, 0.29) is 6.61 Å². The zero-order valence-corrected chi connectivity index (χ0v) is 18.0. The minimum atomic E-state index is 0.239. The van der Waals surface area contributed by atoms with E-state index in [0.29, 0.717) is 12.1 Å². The average Bonchev–Trinajstić information content (AvgIpc) is 3.19. The predicted octanol–water partition coefficient (Wildman–Crippen LogP) is 3.82. The summed E-state index contributed by atoms with van der Waals surface area (Å²) in [4.78, 5) is 5.04. The highest BCUT2D eigenvalue weighted by atomic mass is 16.3. The second kappa shape index (κ2) is 9.56. The predicted molar refractivity (Wildman–Crippen MR) is 122 cm³/mol. The molecule has 3 aromatic rings. The lowest BCUT2D eigenvalue weighted by atomic mass is 10.0. The Bertz CT molecular complexity index is 923. The molecule has 1 aromatic heterocycles. The van der Waals surface area contributed by atoms with E-state index >= 15 is 0 Å². The van der Waals surface area contributed by atoms with E-state index in [0.717, 1.165) is 49.5 Å². The maximum atomic E-state index is 9.56. The topological polar surface area (TPSA) is 44.5 Å².